The minimum Gasteiger partial charge on any atom is -0.496 e. The van der Waals surface area contributed by atoms with Crippen molar-refractivity contribution >= 4 is 21.9 Å². The van der Waals surface area contributed by atoms with E-state index in [2.05, 4.69) is 15.9 Å². The highest BCUT2D eigenvalue weighted by molar-refractivity contribution is 9.10. The lowest BCUT2D eigenvalue weighted by Gasteiger charge is -2.15. The number of benzene rings is 1. The molecule has 3 nitrogen and oxygen atoms in total. The Morgan fingerprint density at radius 3 is 2.60 bits per heavy atom. The second-order valence-corrected chi connectivity index (χ2v) is 3.95. The fourth-order valence-corrected chi connectivity index (χ4v) is 2.10. The van der Waals surface area contributed by atoms with Crippen LogP contribution in [0.5, 0.6) is 5.75 Å². The summed E-state index contributed by atoms with van der Waals surface area (Å²) < 4.78 is 10.8. The maximum absolute atomic E-state index is 11.4. The fraction of sp³-hybridized carbons (Fsp3) is 0.364. The van der Waals surface area contributed by atoms with Gasteiger partial charge in [-0.15, -0.1) is 0 Å². The SMILES string of the molecule is COC(=O)C(C)c1c(Br)cccc1OC. The smallest absolute Gasteiger partial charge is 0.313 e. The average Bonchev–Trinajstić information content (AvgIpc) is 2.26. The van der Waals surface area contributed by atoms with E-state index < -0.39 is 0 Å². The van der Waals surface area contributed by atoms with Gasteiger partial charge in [-0.05, 0) is 19.1 Å². The number of esters is 1. The van der Waals surface area contributed by atoms with E-state index >= 15 is 0 Å². The molecule has 0 fully saturated rings. The monoisotopic (exact) mass is 272 g/mol. The molecule has 1 rings (SSSR count). The second kappa shape index (κ2) is 5.16. The number of carbonyl (C=O) groups excluding carboxylic acids is 1. The van der Waals surface area contributed by atoms with Gasteiger partial charge in [0, 0.05) is 10.0 Å². The quantitative estimate of drug-likeness (QED) is 0.794. The second-order valence-electron chi connectivity index (χ2n) is 3.10. The summed E-state index contributed by atoms with van der Waals surface area (Å²) in [5.41, 5.74) is 0.812. The van der Waals surface area contributed by atoms with Crippen LogP contribution in [0.15, 0.2) is 22.7 Å². The van der Waals surface area contributed by atoms with E-state index in [1.165, 1.54) is 7.11 Å². The Kier molecular flexibility index (Phi) is 4.15. The minimum atomic E-state index is -0.347. The predicted molar refractivity (Wildman–Crippen MR) is 61.1 cm³/mol. The molecule has 0 spiro atoms. The fourth-order valence-electron chi connectivity index (χ4n) is 1.41. The van der Waals surface area contributed by atoms with E-state index in [0.717, 1.165) is 10.0 Å². The van der Waals surface area contributed by atoms with Crippen molar-refractivity contribution in [2.45, 2.75) is 12.8 Å². The molecule has 0 amide bonds. The standard InChI is InChI=1S/C11H13BrO3/c1-7(11(13)15-3)10-8(12)5-4-6-9(10)14-2/h4-7H,1-3H3. The molecule has 1 aromatic carbocycles. The largest absolute Gasteiger partial charge is 0.496 e. The van der Waals surface area contributed by atoms with E-state index in [9.17, 15) is 4.79 Å². The molecule has 0 aliphatic heterocycles. The number of rotatable bonds is 3. The van der Waals surface area contributed by atoms with Crippen LogP contribution in [0.4, 0.5) is 0 Å². The number of carbonyl (C=O) groups is 1. The van der Waals surface area contributed by atoms with Crippen LogP contribution in [0.25, 0.3) is 0 Å². The Morgan fingerprint density at radius 2 is 2.07 bits per heavy atom. The molecule has 1 atom stereocenters. The van der Waals surface area contributed by atoms with Crippen LogP contribution in [0, 0.1) is 0 Å². The zero-order valence-electron chi connectivity index (χ0n) is 8.91. The molecule has 0 bridgehead atoms. The molecule has 1 aromatic rings. The molecular weight excluding hydrogens is 260 g/mol. The summed E-state index contributed by atoms with van der Waals surface area (Å²) in [6, 6.07) is 5.55. The summed E-state index contributed by atoms with van der Waals surface area (Å²) in [5, 5.41) is 0. The molecule has 0 radical (unpaired) electrons. The maximum atomic E-state index is 11.4. The van der Waals surface area contributed by atoms with Gasteiger partial charge in [0.05, 0.1) is 20.1 Å². The van der Waals surface area contributed by atoms with Gasteiger partial charge in [-0.2, -0.15) is 0 Å². The van der Waals surface area contributed by atoms with Crippen molar-refractivity contribution in [2.75, 3.05) is 14.2 Å². The lowest BCUT2D eigenvalue weighted by molar-refractivity contribution is -0.142. The predicted octanol–water partition coefficient (Wildman–Crippen LogP) is 2.73. The number of methoxy groups -OCH3 is 2. The Labute approximate surface area is 97.5 Å². The van der Waals surface area contributed by atoms with Crippen molar-refractivity contribution < 1.29 is 14.3 Å². The van der Waals surface area contributed by atoms with Crippen LogP contribution in [-0.4, -0.2) is 20.2 Å². The van der Waals surface area contributed by atoms with E-state index in [1.54, 1.807) is 14.0 Å². The van der Waals surface area contributed by atoms with Gasteiger partial charge in [0.15, 0.2) is 0 Å². The van der Waals surface area contributed by atoms with Crippen LogP contribution < -0.4 is 4.74 Å². The lowest BCUT2D eigenvalue weighted by atomic mass is 10.0. The third-order valence-electron chi connectivity index (χ3n) is 2.22. The van der Waals surface area contributed by atoms with Gasteiger partial charge in [0.2, 0.25) is 0 Å². The summed E-state index contributed by atoms with van der Waals surface area (Å²) in [5.74, 6) is 0.0583. The number of halogens is 1. The van der Waals surface area contributed by atoms with Crippen molar-refractivity contribution in [3.63, 3.8) is 0 Å². The van der Waals surface area contributed by atoms with E-state index in [-0.39, 0.29) is 11.9 Å². The molecule has 0 N–H and O–H groups in total. The maximum Gasteiger partial charge on any atom is 0.313 e. The molecule has 15 heavy (non-hydrogen) atoms. The topological polar surface area (TPSA) is 35.5 Å². The van der Waals surface area contributed by atoms with Gasteiger partial charge in [-0.25, -0.2) is 0 Å². The molecule has 1 unspecified atom stereocenters. The first-order valence-electron chi connectivity index (χ1n) is 4.52. The molecule has 0 aromatic heterocycles. The van der Waals surface area contributed by atoms with Crippen LogP contribution in [0.2, 0.25) is 0 Å². The highest BCUT2D eigenvalue weighted by atomic mass is 79.9. The normalized spacial score (nSPS) is 12.0. The zero-order chi connectivity index (χ0) is 11.4. The summed E-state index contributed by atoms with van der Waals surface area (Å²) in [6.07, 6.45) is 0. The minimum absolute atomic E-state index is 0.278. The summed E-state index contributed by atoms with van der Waals surface area (Å²) >= 11 is 3.40. The number of hydrogen-bond donors (Lipinski definition) is 0. The van der Waals surface area contributed by atoms with Crippen LogP contribution in [0.1, 0.15) is 18.4 Å². The van der Waals surface area contributed by atoms with E-state index in [1.807, 2.05) is 18.2 Å². The Hall–Kier alpha value is -1.03. The van der Waals surface area contributed by atoms with Crippen LogP contribution in [-0.2, 0) is 9.53 Å². The van der Waals surface area contributed by atoms with Crippen molar-refractivity contribution in [3.8, 4) is 5.75 Å². The molecule has 0 aliphatic carbocycles. The number of ether oxygens (including phenoxy) is 2. The van der Waals surface area contributed by atoms with Gasteiger partial charge >= 0.3 is 5.97 Å². The highest BCUT2D eigenvalue weighted by Gasteiger charge is 2.22. The highest BCUT2D eigenvalue weighted by Crippen LogP contribution is 2.33. The molecule has 82 valence electrons. The van der Waals surface area contributed by atoms with Crippen molar-refractivity contribution in [3.05, 3.63) is 28.2 Å². The van der Waals surface area contributed by atoms with Gasteiger partial charge in [0.25, 0.3) is 0 Å². The van der Waals surface area contributed by atoms with Gasteiger partial charge in [-0.3, -0.25) is 4.79 Å². The van der Waals surface area contributed by atoms with Crippen LogP contribution >= 0.6 is 15.9 Å². The number of hydrogen-bond acceptors (Lipinski definition) is 3. The van der Waals surface area contributed by atoms with E-state index in [4.69, 9.17) is 9.47 Å². The average molecular weight is 273 g/mol. The summed E-state index contributed by atoms with van der Waals surface area (Å²) in [6.45, 7) is 1.79. The van der Waals surface area contributed by atoms with E-state index in [0.29, 0.717) is 5.75 Å². The molecule has 0 saturated heterocycles. The Morgan fingerprint density at radius 1 is 1.40 bits per heavy atom. The molecule has 0 heterocycles. The van der Waals surface area contributed by atoms with Crippen molar-refractivity contribution in [2.24, 2.45) is 0 Å². The summed E-state index contributed by atoms with van der Waals surface area (Å²) in [7, 11) is 2.96. The zero-order valence-corrected chi connectivity index (χ0v) is 10.5. The van der Waals surface area contributed by atoms with Crippen LogP contribution in [0.3, 0.4) is 0 Å². The summed E-state index contributed by atoms with van der Waals surface area (Å²) in [4.78, 5) is 11.4. The van der Waals surface area contributed by atoms with Crippen molar-refractivity contribution in [1.29, 1.82) is 0 Å². The Bertz CT molecular complexity index is 363. The first-order chi connectivity index (χ1) is 7.11. The van der Waals surface area contributed by atoms with Gasteiger partial charge in [0.1, 0.15) is 5.75 Å². The molecular formula is C11H13BrO3. The Balaban J connectivity index is 3.16. The molecule has 4 heteroatoms. The lowest BCUT2D eigenvalue weighted by Crippen LogP contribution is -2.12. The van der Waals surface area contributed by atoms with Gasteiger partial charge < -0.3 is 9.47 Å². The molecule has 0 aliphatic rings. The van der Waals surface area contributed by atoms with Gasteiger partial charge in [-0.1, -0.05) is 22.0 Å². The van der Waals surface area contributed by atoms with Crippen molar-refractivity contribution in [1.82, 2.24) is 0 Å². The third-order valence-corrected chi connectivity index (χ3v) is 2.91. The third kappa shape index (κ3) is 2.50. The molecule has 0 saturated carbocycles. The first-order valence-corrected chi connectivity index (χ1v) is 5.31. The first kappa shape index (κ1) is 12.0.